The van der Waals surface area contributed by atoms with Crippen LogP contribution in [0.1, 0.15) is 88.2 Å². The van der Waals surface area contributed by atoms with Crippen LogP contribution in [0.2, 0.25) is 0 Å². The predicted molar refractivity (Wildman–Crippen MR) is 206 cm³/mol. The Morgan fingerprint density at radius 3 is 1.36 bits per heavy atom. The monoisotopic (exact) mass is 1180 g/mol. The first-order valence-corrected chi connectivity index (χ1v) is 25.0. The van der Waals surface area contributed by atoms with Gasteiger partial charge in [-0.3, -0.25) is 0 Å². The Morgan fingerprint density at radius 1 is 0.566 bits per heavy atom. The average molecular weight is 1180 g/mol. The molecule has 2 aromatic carbocycles. The number of carboxylic acid groups (broad SMARTS) is 4. The molecule has 1 aliphatic heterocycles. The largest absolute Gasteiger partial charge is 1.00 e. The minimum Gasteiger partial charge on any atom is -0.780 e. The van der Waals surface area contributed by atoms with E-state index in [2.05, 4.69) is 9.05 Å². The Labute approximate surface area is 614 Å². The summed E-state index contributed by atoms with van der Waals surface area (Å²) in [5, 5.41) is 44.3. The van der Waals surface area contributed by atoms with Crippen molar-refractivity contribution in [1.82, 2.24) is 0 Å². The Balaban J connectivity index is 0.00000134. The van der Waals surface area contributed by atoms with Crippen LogP contribution in [0.25, 0.3) is 5.76 Å². The summed E-state index contributed by atoms with van der Waals surface area (Å²) in [6.45, 7) is -1.33. The van der Waals surface area contributed by atoms with Crippen LogP contribution in [0.5, 0.6) is 11.5 Å². The topological polar surface area (TPSA) is 342 Å². The van der Waals surface area contributed by atoms with Gasteiger partial charge in [0.1, 0.15) is 32.9 Å². The van der Waals surface area contributed by atoms with Gasteiger partial charge in [-0.25, -0.2) is 13.7 Å². The van der Waals surface area contributed by atoms with E-state index >= 15 is 0 Å². The van der Waals surface area contributed by atoms with Crippen LogP contribution in [-0.2, 0) is 53.3 Å². The van der Waals surface area contributed by atoms with Crippen molar-refractivity contribution in [1.29, 1.82) is 0 Å². The molecule has 20 nitrogen and oxygen atoms in total. The number of hydrogen-bond acceptors (Lipinski definition) is 20. The molecule has 9 fully saturated rings. The third kappa shape index (κ3) is 17.2. The maximum atomic E-state index is 14.5. The molecule has 1 spiro atoms. The second-order valence-corrected chi connectivity index (χ2v) is 21.2. The van der Waals surface area contributed by atoms with Crippen molar-refractivity contribution in [2.75, 3.05) is 13.2 Å². The summed E-state index contributed by atoms with van der Waals surface area (Å²) in [5.74, 6) is -9.21. The molecule has 1 heterocycles. The first-order chi connectivity index (χ1) is 31.9. The zero-order valence-corrected chi connectivity index (χ0v) is 61.7. The van der Waals surface area contributed by atoms with Crippen LogP contribution < -0.4 is 286 Å². The smallest absolute Gasteiger partial charge is 0.780 e. The number of carboxylic acids is 4. The molecule has 0 aromatic heterocycles. The van der Waals surface area contributed by atoms with Gasteiger partial charge in [-0.05, 0) is 141 Å². The molecule has 2 aromatic rings. The zero-order valence-electron chi connectivity index (χ0n) is 44.0. The summed E-state index contributed by atoms with van der Waals surface area (Å²) in [6.07, 6.45) is 7.21. The summed E-state index contributed by atoms with van der Waals surface area (Å²) in [6, 6.07) is 11.0. The van der Waals surface area contributed by atoms with Gasteiger partial charge in [0.05, 0.1) is 37.1 Å². The number of carbonyl (C=O) groups is 4. The molecular formula is C44H44F2Na8O20P2. The summed E-state index contributed by atoms with van der Waals surface area (Å²) < 4.78 is 71.7. The second kappa shape index (κ2) is 31.9. The molecule has 0 amide bonds. The first kappa shape index (κ1) is 79.5. The predicted octanol–water partition coefficient (Wildman–Crippen LogP) is -25.5. The number of phosphoric ester groups is 2. The number of allylic oxidation sites excluding steroid dienone is 1. The molecule has 0 N–H and O–H groups in total. The molecule has 8 aliphatic carbocycles. The van der Waals surface area contributed by atoms with Crippen LogP contribution >= 0.6 is 15.6 Å². The quantitative estimate of drug-likeness (QED) is 0.0440. The van der Waals surface area contributed by atoms with E-state index in [1.165, 1.54) is 48.9 Å². The van der Waals surface area contributed by atoms with E-state index in [1.807, 2.05) is 0 Å². The minimum atomic E-state index is -5.38. The number of carbonyl (C=O) groups excluding carboxylic acids is 4. The standard InChI is InChI=1S/C22H26FO11P.C22H26FO9P.8Na/c23-20(18(24)25,19(26)27)4-5-31-22(14-2-1-3-17(11-14)32-35(28,29)30)21(33-34-22)15-7-12-6-13(9-15)10-16(21)8-12;23-22(20(24)25,21(26)27)4-5-31-19(14-2-1-3-17(11-14)32-33(28,29)30)18-15-7-12-6-13(9-15)10-16(18)8-12;;;;;;;;/h1-3,11-13,15-16H,4-10H2,(H,24,25)(H,26,27)(H2,28,29,30);1-3,11-13,15-16H,4-10H2,(H,24,25)(H,26,27)(H2,28,29,30);;;;;;;;/q;;8*+1/p-8. The molecule has 1 saturated heterocycles. The number of halogens is 2. The van der Waals surface area contributed by atoms with Crippen molar-refractivity contribution < 1.29 is 342 Å². The molecule has 32 heteroatoms. The number of alkyl halides is 2. The number of hydrogen-bond donors (Lipinski definition) is 0. The fourth-order valence-corrected chi connectivity index (χ4v) is 13.3. The van der Waals surface area contributed by atoms with Crippen LogP contribution in [0.3, 0.4) is 0 Å². The summed E-state index contributed by atoms with van der Waals surface area (Å²) in [4.78, 5) is 100.0. The van der Waals surface area contributed by atoms with Crippen molar-refractivity contribution in [3.05, 3.63) is 65.2 Å². The van der Waals surface area contributed by atoms with Gasteiger partial charge >= 0.3 is 236 Å². The van der Waals surface area contributed by atoms with Crippen LogP contribution in [0.4, 0.5) is 8.78 Å². The molecule has 9 aliphatic rings. The van der Waals surface area contributed by atoms with Crippen LogP contribution in [0.15, 0.2) is 54.1 Å². The van der Waals surface area contributed by atoms with Gasteiger partial charge in [0.25, 0.3) is 5.79 Å². The number of phosphoric acid groups is 2. The summed E-state index contributed by atoms with van der Waals surface area (Å²) in [7, 11) is -10.7. The van der Waals surface area contributed by atoms with Crippen LogP contribution in [-0.4, -0.2) is 54.0 Å². The van der Waals surface area contributed by atoms with Gasteiger partial charge in [0, 0.05) is 24.0 Å². The van der Waals surface area contributed by atoms with E-state index in [0.717, 1.165) is 63.4 Å². The summed E-state index contributed by atoms with van der Waals surface area (Å²) >= 11 is 0. The SMILES string of the molecule is O=C([O-])C(F)(CCOC(=C1C2CC3CC(C2)CC1C3)c1cccc(OP(=O)([O-])[O-])c1)C(=O)[O-].O=C([O-])C(F)(CCOC1(c2cccc(OP(=O)([O-])[O-])c2)OOC12C1CC3CC(C1)CC2C3)C(=O)[O-].[Na+].[Na+].[Na+].[Na+].[Na+].[Na+].[Na+].[Na+]. The maximum absolute atomic E-state index is 14.5. The minimum absolute atomic E-state index is 0. The van der Waals surface area contributed by atoms with E-state index in [0.29, 0.717) is 35.0 Å². The molecular weight excluding hydrogens is 1130 g/mol. The van der Waals surface area contributed by atoms with Gasteiger partial charge < -0.3 is 86.8 Å². The molecule has 8 saturated carbocycles. The van der Waals surface area contributed by atoms with Gasteiger partial charge in [-0.2, -0.15) is 4.89 Å². The summed E-state index contributed by atoms with van der Waals surface area (Å²) in [5.41, 5.74) is -7.03. The van der Waals surface area contributed by atoms with E-state index in [-0.39, 0.29) is 277 Å². The fourth-order valence-electron chi connectivity index (χ4n) is 12.6. The van der Waals surface area contributed by atoms with Crippen molar-refractivity contribution in [2.45, 2.75) is 99.8 Å². The average Bonchev–Trinajstić information content (AvgIpc) is 3.22. The zero-order chi connectivity index (χ0) is 49.2. The van der Waals surface area contributed by atoms with E-state index in [9.17, 15) is 77.1 Å². The van der Waals surface area contributed by atoms with E-state index in [1.54, 1.807) is 6.07 Å². The second-order valence-electron chi connectivity index (χ2n) is 19.1. The molecule has 8 bridgehead atoms. The van der Waals surface area contributed by atoms with Crippen molar-refractivity contribution >= 4 is 45.3 Å². The Morgan fingerprint density at radius 2 is 0.961 bits per heavy atom. The molecule has 1 unspecified atom stereocenters. The van der Waals surface area contributed by atoms with Gasteiger partial charge in [-0.1, -0.05) is 24.3 Å². The Bertz CT molecular complexity index is 2400. The third-order valence-electron chi connectivity index (χ3n) is 14.9. The van der Waals surface area contributed by atoms with E-state index in [4.69, 9.17) is 19.2 Å². The maximum Gasteiger partial charge on any atom is 1.00 e. The molecule has 11 rings (SSSR count). The molecule has 1 atom stereocenters. The van der Waals surface area contributed by atoms with Gasteiger partial charge in [-0.15, -0.1) is 0 Å². The van der Waals surface area contributed by atoms with Gasteiger partial charge in [0.15, 0.2) is 16.9 Å². The number of rotatable bonds is 18. The number of benzene rings is 2. The molecule has 76 heavy (non-hydrogen) atoms. The van der Waals surface area contributed by atoms with Gasteiger partial charge in [0.2, 0.25) is 0 Å². The van der Waals surface area contributed by atoms with E-state index < -0.39 is 88.3 Å². The van der Waals surface area contributed by atoms with Crippen molar-refractivity contribution in [2.24, 2.45) is 47.3 Å². The van der Waals surface area contributed by atoms with Crippen molar-refractivity contribution in [3.8, 4) is 11.5 Å². The number of ether oxygens (including phenoxy) is 2. The Hall–Kier alpha value is 3.50. The van der Waals surface area contributed by atoms with Crippen molar-refractivity contribution in [3.63, 3.8) is 0 Å². The number of aliphatic carboxylic acids is 4. The first-order valence-electron chi connectivity index (χ1n) is 22.1. The normalized spacial score (nSPS) is 27.8. The molecule has 372 valence electrons. The van der Waals surface area contributed by atoms with Crippen LogP contribution in [0, 0.1) is 47.3 Å². The molecule has 0 radical (unpaired) electrons. The fraction of sp³-hybridized carbons (Fsp3) is 0.591. The Kier molecular flexibility index (Phi) is 33.4. The third-order valence-corrected chi connectivity index (χ3v) is 15.8.